The minimum atomic E-state index is -4.25. The number of halogens is 2. The highest BCUT2D eigenvalue weighted by Gasteiger charge is 2.44. The molecule has 0 aliphatic rings. The summed E-state index contributed by atoms with van der Waals surface area (Å²) in [5.74, 6) is -5.41. The first kappa shape index (κ1) is 43.7. The van der Waals surface area contributed by atoms with Crippen LogP contribution < -0.4 is 0 Å². The van der Waals surface area contributed by atoms with E-state index in [2.05, 4.69) is 4.74 Å². The maximum absolute atomic E-state index is 14.9. The molecular weight excluding hydrogens is 725 g/mol. The van der Waals surface area contributed by atoms with Crippen LogP contribution in [0.5, 0.6) is 0 Å². The number of esters is 1. The van der Waals surface area contributed by atoms with Crippen molar-refractivity contribution in [3.63, 3.8) is 0 Å². The minimum absolute atomic E-state index is 0.162. The Balaban J connectivity index is 1.69. The summed E-state index contributed by atoms with van der Waals surface area (Å²) in [7, 11) is -4.25. The lowest BCUT2D eigenvalue weighted by Crippen LogP contribution is -2.37. The van der Waals surface area contributed by atoms with Crippen LogP contribution >= 0.6 is 7.60 Å². The molecule has 0 unspecified atom stereocenters. The molecule has 296 valence electrons. The lowest BCUT2D eigenvalue weighted by Gasteiger charge is -2.34. The average Bonchev–Trinajstić information content (AvgIpc) is 3.11. The number of benzene rings is 4. The van der Waals surface area contributed by atoms with Crippen molar-refractivity contribution in [1.29, 1.82) is 0 Å². The van der Waals surface area contributed by atoms with Crippen LogP contribution in [0.2, 0.25) is 0 Å². The second kappa shape index (κ2) is 18.7. The summed E-state index contributed by atoms with van der Waals surface area (Å²) in [6, 6.07) is 31.9. The summed E-state index contributed by atoms with van der Waals surface area (Å²) in [6.45, 7) is 12.7. The summed E-state index contributed by atoms with van der Waals surface area (Å²) in [4.78, 5) is 25.8. The molecule has 8 nitrogen and oxygen atoms in total. The Morgan fingerprint density at radius 3 is 1.42 bits per heavy atom. The first-order valence-electron chi connectivity index (χ1n) is 18.4. The summed E-state index contributed by atoms with van der Waals surface area (Å²) < 4.78 is 72.7. The molecule has 0 fully saturated rings. The van der Waals surface area contributed by atoms with Crippen molar-refractivity contribution in [2.24, 2.45) is 5.41 Å². The molecule has 0 amide bonds. The lowest BCUT2D eigenvalue weighted by atomic mass is 9.77. The summed E-state index contributed by atoms with van der Waals surface area (Å²) in [6.07, 6.45) is 0.761. The van der Waals surface area contributed by atoms with E-state index in [4.69, 9.17) is 18.5 Å². The second-order valence-electron chi connectivity index (χ2n) is 15.7. The molecule has 0 atom stereocenters. The fourth-order valence-electron chi connectivity index (χ4n) is 6.01. The van der Waals surface area contributed by atoms with Crippen molar-refractivity contribution in [1.82, 2.24) is 0 Å². The molecule has 0 spiro atoms. The molecule has 0 saturated carbocycles. The molecule has 4 rings (SSSR count). The number of hydrogen-bond acceptors (Lipinski definition) is 8. The molecule has 0 aliphatic carbocycles. The summed E-state index contributed by atoms with van der Waals surface area (Å²) >= 11 is 0. The molecule has 4 aromatic rings. The molecule has 0 heterocycles. The molecule has 11 heteroatoms. The van der Waals surface area contributed by atoms with Gasteiger partial charge < -0.3 is 14.2 Å². The zero-order chi connectivity index (χ0) is 40.3. The third kappa shape index (κ3) is 13.3. The number of hydrogen-bond donors (Lipinski definition) is 0. The van der Waals surface area contributed by atoms with Crippen molar-refractivity contribution in [3.05, 3.63) is 143 Å². The van der Waals surface area contributed by atoms with E-state index in [9.17, 15) is 22.9 Å². The van der Waals surface area contributed by atoms with Crippen LogP contribution in [-0.2, 0) is 64.6 Å². The van der Waals surface area contributed by atoms with E-state index in [1.54, 1.807) is 77.9 Å². The first-order chi connectivity index (χ1) is 25.8. The normalized spacial score (nSPS) is 12.7. The molecule has 0 aromatic heterocycles. The fourth-order valence-corrected chi connectivity index (χ4v) is 8.12. The van der Waals surface area contributed by atoms with Gasteiger partial charge in [0, 0.05) is 16.5 Å². The monoisotopic (exact) mass is 778 g/mol. The van der Waals surface area contributed by atoms with E-state index < -0.39 is 47.2 Å². The van der Waals surface area contributed by atoms with Crippen molar-refractivity contribution in [2.75, 3.05) is 19.8 Å². The largest absolute Gasteiger partial charge is 0.461 e. The zero-order valence-corrected chi connectivity index (χ0v) is 33.7. The highest BCUT2D eigenvalue weighted by Crippen LogP contribution is 2.56. The maximum Gasteiger partial charge on any atom is 0.402 e. The van der Waals surface area contributed by atoms with Gasteiger partial charge in [-0.3, -0.25) is 18.4 Å². The fraction of sp³-hybridized carbons (Fsp3) is 0.409. The van der Waals surface area contributed by atoms with Crippen LogP contribution in [0.25, 0.3) is 0 Å². The minimum Gasteiger partial charge on any atom is -0.461 e. The van der Waals surface area contributed by atoms with Gasteiger partial charge in [-0.05, 0) is 83.6 Å². The predicted molar refractivity (Wildman–Crippen MR) is 209 cm³/mol. The number of carbonyl (C=O) groups is 2. The molecule has 0 N–H and O–H groups in total. The van der Waals surface area contributed by atoms with Crippen LogP contribution in [0.15, 0.2) is 109 Å². The Morgan fingerprint density at radius 2 is 1.02 bits per heavy atom. The maximum atomic E-state index is 14.9. The van der Waals surface area contributed by atoms with Gasteiger partial charge in [0.1, 0.15) is 0 Å². The van der Waals surface area contributed by atoms with Crippen LogP contribution in [0.3, 0.4) is 0 Å². The van der Waals surface area contributed by atoms with Crippen LogP contribution in [0.1, 0.15) is 86.6 Å². The smallest absolute Gasteiger partial charge is 0.402 e. The van der Waals surface area contributed by atoms with E-state index in [1.165, 1.54) is 19.1 Å². The van der Waals surface area contributed by atoms with E-state index in [-0.39, 0.29) is 25.4 Å². The van der Waals surface area contributed by atoms with Crippen LogP contribution in [0, 0.1) is 5.41 Å². The highest BCUT2D eigenvalue weighted by atomic mass is 31.2. The third-order valence-corrected chi connectivity index (χ3v) is 10.6. The van der Waals surface area contributed by atoms with Gasteiger partial charge in [0.05, 0.1) is 44.2 Å². The van der Waals surface area contributed by atoms with Crippen LogP contribution in [0.4, 0.5) is 8.78 Å². The van der Waals surface area contributed by atoms with E-state index >= 15 is 0 Å². The number of rotatable bonds is 19. The standard InChI is InChI=1S/C44H53F2O8P/c1-8-52-40(48)44(45,46)38-25-21-34(22-26-38)28-43(31-50-29-35-15-11-9-12-16-35,32-51-30-36-17-13-10-14-18-36)27-33-19-23-37(24-20-33)39(47)55(49,53-41(2,3)4)54-42(5,6)7/h9-26H,8,27-32H2,1-7H3. The van der Waals surface area contributed by atoms with Gasteiger partial charge in [-0.2, -0.15) is 8.78 Å². The SMILES string of the molecule is CCOC(=O)C(F)(F)c1ccc(CC(COCc2ccccc2)(COCc2ccccc2)Cc2ccc(C(=O)P(=O)(OC(C)(C)C)OC(C)(C)C)cc2)cc1. The Bertz CT molecular complexity index is 1800. The Labute approximate surface area is 324 Å². The van der Waals surface area contributed by atoms with Crippen molar-refractivity contribution < 1.29 is 46.2 Å². The van der Waals surface area contributed by atoms with Gasteiger partial charge in [-0.1, -0.05) is 109 Å². The van der Waals surface area contributed by atoms with Crippen LogP contribution in [-0.4, -0.2) is 42.5 Å². The predicted octanol–water partition coefficient (Wildman–Crippen LogP) is 10.5. The topological polar surface area (TPSA) is 97.4 Å². The van der Waals surface area contributed by atoms with Gasteiger partial charge in [0.2, 0.25) is 0 Å². The second-order valence-corrected chi connectivity index (χ2v) is 17.5. The number of carbonyl (C=O) groups excluding carboxylic acids is 2. The van der Waals surface area contributed by atoms with Gasteiger partial charge in [-0.25, -0.2) is 4.79 Å². The molecular formula is C44H53F2O8P. The average molecular weight is 779 g/mol. The number of alkyl halides is 2. The molecule has 0 bridgehead atoms. The molecule has 55 heavy (non-hydrogen) atoms. The Kier molecular flexibility index (Phi) is 14.9. The van der Waals surface area contributed by atoms with E-state index in [1.807, 2.05) is 60.7 Å². The Morgan fingerprint density at radius 1 is 0.600 bits per heavy atom. The first-order valence-corrected chi connectivity index (χ1v) is 19.9. The van der Waals surface area contributed by atoms with Gasteiger partial charge in [0.15, 0.2) is 0 Å². The van der Waals surface area contributed by atoms with E-state index in [0.717, 1.165) is 22.3 Å². The molecule has 0 saturated heterocycles. The highest BCUT2D eigenvalue weighted by molar-refractivity contribution is 7.72. The van der Waals surface area contributed by atoms with Crippen molar-refractivity contribution in [3.8, 4) is 0 Å². The molecule has 0 radical (unpaired) electrons. The van der Waals surface area contributed by atoms with Crippen molar-refractivity contribution >= 4 is 19.1 Å². The summed E-state index contributed by atoms with van der Waals surface area (Å²) in [5, 5.41) is 0. The van der Waals surface area contributed by atoms with Gasteiger partial charge >= 0.3 is 19.5 Å². The molecule has 4 aromatic carbocycles. The number of ether oxygens (including phenoxy) is 3. The van der Waals surface area contributed by atoms with Gasteiger partial charge in [-0.15, -0.1) is 0 Å². The summed E-state index contributed by atoms with van der Waals surface area (Å²) in [5.41, 5.74) is -0.0887. The van der Waals surface area contributed by atoms with Crippen molar-refractivity contribution in [2.45, 2.75) is 91.6 Å². The van der Waals surface area contributed by atoms with Gasteiger partial charge in [0.25, 0.3) is 5.52 Å². The zero-order valence-electron chi connectivity index (χ0n) is 32.8. The Hall–Kier alpha value is -4.05. The quantitative estimate of drug-likeness (QED) is 0.0686. The third-order valence-electron chi connectivity index (χ3n) is 8.28. The molecule has 0 aliphatic heterocycles. The lowest BCUT2D eigenvalue weighted by molar-refractivity contribution is -0.173. The van der Waals surface area contributed by atoms with E-state index in [0.29, 0.717) is 26.1 Å².